The zero-order chi connectivity index (χ0) is 12.3. The van der Waals surface area contributed by atoms with Crippen molar-refractivity contribution in [1.29, 1.82) is 0 Å². The second-order valence-electron chi connectivity index (χ2n) is 5.66. The van der Waals surface area contributed by atoms with Crippen molar-refractivity contribution in [2.75, 3.05) is 18.5 Å². The summed E-state index contributed by atoms with van der Waals surface area (Å²) in [4.78, 5) is 2.32. The molecule has 0 radical (unpaired) electrons. The highest BCUT2D eigenvalue weighted by Crippen LogP contribution is 2.23. The van der Waals surface area contributed by atoms with Gasteiger partial charge in [-0.2, -0.15) is 0 Å². The zero-order valence-corrected chi connectivity index (χ0v) is 12.6. The molecule has 0 N–H and O–H groups in total. The molecule has 0 bridgehead atoms. The molecule has 90 valence electrons. The number of benzene rings is 1. The van der Waals surface area contributed by atoms with Crippen LogP contribution in [0, 0.1) is 12.3 Å². The summed E-state index contributed by atoms with van der Waals surface area (Å²) in [7, 11) is 2.16. The summed E-state index contributed by atoms with van der Waals surface area (Å²) in [6.45, 7) is 10.0. The summed E-state index contributed by atoms with van der Waals surface area (Å²) in [5.74, 6) is 0. The van der Waals surface area contributed by atoms with E-state index >= 15 is 0 Å². The Morgan fingerprint density at radius 3 is 2.31 bits per heavy atom. The highest BCUT2D eigenvalue weighted by atomic mass is 79.9. The maximum Gasteiger partial charge on any atom is 0.0366 e. The van der Waals surface area contributed by atoms with E-state index in [1.54, 1.807) is 0 Å². The van der Waals surface area contributed by atoms with Gasteiger partial charge in [-0.3, -0.25) is 0 Å². The monoisotopic (exact) mass is 283 g/mol. The lowest BCUT2D eigenvalue weighted by atomic mass is 9.96. The molecule has 1 rings (SSSR count). The Balaban J connectivity index is 2.85. The van der Waals surface area contributed by atoms with Crippen LogP contribution < -0.4 is 4.90 Å². The quantitative estimate of drug-likeness (QED) is 0.745. The molecule has 0 heterocycles. The van der Waals surface area contributed by atoms with Crippen molar-refractivity contribution in [2.45, 2.75) is 33.0 Å². The minimum absolute atomic E-state index is 0.330. The van der Waals surface area contributed by atoms with Crippen LogP contribution in [0.15, 0.2) is 18.2 Å². The smallest absolute Gasteiger partial charge is 0.0366 e. The molecule has 0 aliphatic heterocycles. The van der Waals surface area contributed by atoms with Gasteiger partial charge in [0.25, 0.3) is 0 Å². The van der Waals surface area contributed by atoms with Crippen molar-refractivity contribution < 1.29 is 0 Å². The first kappa shape index (κ1) is 13.6. The first-order chi connectivity index (χ1) is 7.33. The van der Waals surface area contributed by atoms with Crippen molar-refractivity contribution in [3.05, 3.63) is 29.3 Å². The van der Waals surface area contributed by atoms with Gasteiger partial charge >= 0.3 is 0 Å². The van der Waals surface area contributed by atoms with E-state index in [2.05, 4.69) is 73.8 Å². The Hall–Kier alpha value is -0.500. The van der Waals surface area contributed by atoms with Crippen LogP contribution >= 0.6 is 15.9 Å². The number of alkyl halides is 1. The topological polar surface area (TPSA) is 3.24 Å². The number of nitrogens with zero attached hydrogens (tertiary/aromatic N) is 1. The average Bonchev–Trinajstić information content (AvgIpc) is 2.15. The number of anilines is 1. The summed E-state index contributed by atoms with van der Waals surface area (Å²) in [6, 6.07) is 6.68. The predicted octanol–water partition coefficient (Wildman–Crippen LogP) is 4.37. The number of hydrogen-bond acceptors (Lipinski definition) is 1. The second kappa shape index (κ2) is 5.22. The lowest BCUT2D eigenvalue weighted by molar-refractivity contribution is 0.419. The molecule has 16 heavy (non-hydrogen) atoms. The molecule has 0 amide bonds. The van der Waals surface area contributed by atoms with Gasteiger partial charge in [0.05, 0.1) is 0 Å². The van der Waals surface area contributed by atoms with Crippen LogP contribution in [0.1, 0.15) is 31.9 Å². The third-order valence-corrected chi connectivity index (χ3v) is 3.23. The third kappa shape index (κ3) is 3.82. The molecule has 1 aromatic rings. The molecule has 2 heteroatoms. The van der Waals surface area contributed by atoms with Gasteiger partial charge in [-0.15, -0.1) is 0 Å². The minimum atomic E-state index is 0.330. The number of aryl methyl sites for hydroxylation is 1. The predicted molar refractivity (Wildman–Crippen MR) is 76.5 cm³/mol. The van der Waals surface area contributed by atoms with E-state index in [1.807, 2.05) is 0 Å². The first-order valence-electron chi connectivity index (χ1n) is 5.70. The lowest BCUT2D eigenvalue weighted by Gasteiger charge is -2.28. The highest BCUT2D eigenvalue weighted by Gasteiger charge is 2.14. The van der Waals surface area contributed by atoms with Gasteiger partial charge in [0, 0.05) is 24.6 Å². The Bertz CT molecular complexity index is 352. The molecule has 0 spiro atoms. The summed E-state index contributed by atoms with van der Waals surface area (Å²) in [5, 5.41) is 0.933. The Morgan fingerprint density at radius 1 is 1.25 bits per heavy atom. The summed E-state index contributed by atoms with van der Waals surface area (Å²) in [5.41, 5.74) is 4.36. The fourth-order valence-electron chi connectivity index (χ4n) is 1.87. The molecule has 0 aliphatic carbocycles. The Kier molecular flexibility index (Phi) is 4.43. The standard InChI is InChI=1S/C14H22BrN/c1-11-8-13(7-6-12(11)9-15)16(5)10-14(2,3)4/h6-8H,9-10H2,1-5H3. The first-order valence-corrected chi connectivity index (χ1v) is 6.82. The molecule has 1 nitrogen and oxygen atoms in total. The van der Waals surface area contributed by atoms with Gasteiger partial charge in [0.15, 0.2) is 0 Å². The van der Waals surface area contributed by atoms with Gasteiger partial charge in [-0.25, -0.2) is 0 Å². The van der Waals surface area contributed by atoms with Gasteiger partial charge in [-0.1, -0.05) is 42.8 Å². The zero-order valence-electron chi connectivity index (χ0n) is 11.0. The molecule has 0 atom stereocenters. The normalized spacial score (nSPS) is 11.6. The van der Waals surface area contributed by atoms with Crippen LogP contribution in [0.25, 0.3) is 0 Å². The van der Waals surface area contributed by atoms with Crippen molar-refractivity contribution in [2.24, 2.45) is 5.41 Å². The molecule has 1 aromatic carbocycles. The van der Waals surface area contributed by atoms with Gasteiger partial charge in [-0.05, 0) is 35.6 Å². The van der Waals surface area contributed by atoms with Crippen molar-refractivity contribution in [1.82, 2.24) is 0 Å². The summed E-state index contributed by atoms with van der Waals surface area (Å²) < 4.78 is 0. The number of rotatable bonds is 3. The molecule has 0 fully saturated rings. The summed E-state index contributed by atoms with van der Waals surface area (Å²) >= 11 is 3.51. The van der Waals surface area contributed by atoms with E-state index in [0.717, 1.165) is 11.9 Å². The highest BCUT2D eigenvalue weighted by molar-refractivity contribution is 9.08. The second-order valence-corrected chi connectivity index (χ2v) is 6.22. The number of hydrogen-bond donors (Lipinski definition) is 0. The molecule has 0 unspecified atom stereocenters. The fraction of sp³-hybridized carbons (Fsp3) is 0.571. The van der Waals surface area contributed by atoms with E-state index in [0.29, 0.717) is 5.41 Å². The maximum absolute atomic E-state index is 3.51. The van der Waals surface area contributed by atoms with Crippen LogP contribution in [-0.4, -0.2) is 13.6 Å². The molecule has 0 saturated carbocycles. The average molecular weight is 284 g/mol. The Morgan fingerprint density at radius 2 is 1.88 bits per heavy atom. The van der Waals surface area contributed by atoms with E-state index in [9.17, 15) is 0 Å². The van der Waals surface area contributed by atoms with Crippen LogP contribution in [0.5, 0.6) is 0 Å². The van der Waals surface area contributed by atoms with Crippen LogP contribution in [0.4, 0.5) is 5.69 Å². The maximum atomic E-state index is 3.51. The van der Waals surface area contributed by atoms with Crippen molar-refractivity contribution >= 4 is 21.6 Å². The molecule has 0 saturated heterocycles. The van der Waals surface area contributed by atoms with Gasteiger partial charge < -0.3 is 4.90 Å². The Labute approximate surface area is 108 Å². The third-order valence-electron chi connectivity index (χ3n) is 2.62. The van der Waals surface area contributed by atoms with Crippen molar-refractivity contribution in [3.8, 4) is 0 Å². The van der Waals surface area contributed by atoms with Crippen molar-refractivity contribution in [3.63, 3.8) is 0 Å². The molecular weight excluding hydrogens is 262 g/mol. The van der Waals surface area contributed by atoms with Gasteiger partial charge in [0.1, 0.15) is 0 Å². The van der Waals surface area contributed by atoms with Gasteiger partial charge in [0.2, 0.25) is 0 Å². The van der Waals surface area contributed by atoms with Crippen LogP contribution in [-0.2, 0) is 5.33 Å². The lowest BCUT2D eigenvalue weighted by Crippen LogP contribution is -2.29. The van der Waals surface area contributed by atoms with Crippen LogP contribution in [0.2, 0.25) is 0 Å². The van der Waals surface area contributed by atoms with E-state index in [-0.39, 0.29) is 0 Å². The molecule has 0 aliphatic rings. The fourth-order valence-corrected chi connectivity index (χ4v) is 2.50. The van der Waals surface area contributed by atoms with E-state index in [4.69, 9.17) is 0 Å². The van der Waals surface area contributed by atoms with Crippen LogP contribution in [0.3, 0.4) is 0 Å². The SMILES string of the molecule is Cc1cc(N(C)CC(C)(C)C)ccc1CBr. The molecule has 0 aromatic heterocycles. The van der Waals surface area contributed by atoms with E-state index in [1.165, 1.54) is 16.8 Å². The minimum Gasteiger partial charge on any atom is -0.374 e. The van der Waals surface area contributed by atoms with E-state index < -0.39 is 0 Å². The summed E-state index contributed by atoms with van der Waals surface area (Å²) in [6.07, 6.45) is 0. The number of halogens is 1. The largest absolute Gasteiger partial charge is 0.374 e. The molecular formula is C14H22BrN.